The zero-order chi connectivity index (χ0) is 14.5. The first-order valence-electron chi connectivity index (χ1n) is 7.36. The fraction of sp³-hybridized carbons (Fsp3) is 0.562. The van der Waals surface area contributed by atoms with E-state index < -0.39 is 0 Å². The summed E-state index contributed by atoms with van der Waals surface area (Å²) in [6.07, 6.45) is 4.78. The van der Waals surface area contributed by atoms with Gasteiger partial charge < -0.3 is 10.2 Å². The Labute approximate surface area is 129 Å². The summed E-state index contributed by atoms with van der Waals surface area (Å²) in [7, 11) is 0. The van der Waals surface area contributed by atoms with Crippen LogP contribution in [0.3, 0.4) is 0 Å². The average Bonchev–Trinajstić information content (AvgIpc) is 2.66. The number of amides is 1. The van der Waals surface area contributed by atoms with Gasteiger partial charge in [0.05, 0.1) is 12.2 Å². The Hall–Kier alpha value is -1.03. The van der Waals surface area contributed by atoms with Crippen molar-refractivity contribution in [2.24, 2.45) is 0 Å². The number of aryl methyl sites for hydroxylation is 2. The van der Waals surface area contributed by atoms with E-state index in [1.807, 2.05) is 4.90 Å². The molecule has 1 amide bonds. The van der Waals surface area contributed by atoms with Gasteiger partial charge >= 0.3 is 0 Å². The van der Waals surface area contributed by atoms with Gasteiger partial charge in [-0.3, -0.25) is 4.79 Å². The third kappa shape index (κ3) is 3.98. The average molecular weight is 339 g/mol. The third-order valence-corrected chi connectivity index (χ3v) is 4.43. The molecule has 110 valence electrons. The molecule has 1 aliphatic rings. The standard InChI is InChI=1S/C16H23BrN2O/c1-12-9-13(2)16(14(17)10-12)18-11-15(20)19-7-5-3-4-6-8-19/h9-10,18H,3-8,11H2,1-2H3. The van der Waals surface area contributed by atoms with E-state index in [-0.39, 0.29) is 5.91 Å². The van der Waals surface area contributed by atoms with Crippen molar-refractivity contribution in [2.45, 2.75) is 39.5 Å². The lowest BCUT2D eigenvalue weighted by atomic mass is 10.1. The van der Waals surface area contributed by atoms with Crippen molar-refractivity contribution in [1.29, 1.82) is 0 Å². The summed E-state index contributed by atoms with van der Waals surface area (Å²) in [6.45, 7) is 6.34. The van der Waals surface area contributed by atoms with Gasteiger partial charge in [0.2, 0.25) is 5.91 Å². The summed E-state index contributed by atoms with van der Waals surface area (Å²) in [5.41, 5.74) is 3.41. The molecular formula is C16H23BrN2O. The lowest BCUT2D eigenvalue weighted by Gasteiger charge is -2.21. The first-order chi connectivity index (χ1) is 9.58. The van der Waals surface area contributed by atoms with Crippen molar-refractivity contribution in [1.82, 2.24) is 4.90 Å². The van der Waals surface area contributed by atoms with Crippen LogP contribution in [0.15, 0.2) is 16.6 Å². The van der Waals surface area contributed by atoms with Crippen LogP contribution in [0.4, 0.5) is 5.69 Å². The number of carbonyl (C=O) groups is 1. The van der Waals surface area contributed by atoms with Crippen LogP contribution in [-0.2, 0) is 4.79 Å². The lowest BCUT2D eigenvalue weighted by molar-refractivity contribution is -0.129. The van der Waals surface area contributed by atoms with Gasteiger partial charge in [-0.1, -0.05) is 18.9 Å². The van der Waals surface area contributed by atoms with Gasteiger partial charge in [0.1, 0.15) is 0 Å². The van der Waals surface area contributed by atoms with E-state index in [1.165, 1.54) is 24.0 Å². The predicted octanol–water partition coefficient (Wildman–Crippen LogP) is 3.88. The minimum atomic E-state index is 0.207. The van der Waals surface area contributed by atoms with Gasteiger partial charge in [-0.15, -0.1) is 0 Å². The molecule has 0 unspecified atom stereocenters. The highest BCUT2D eigenvalue weighted by atomic mass is 79.9. The highest BCUT2D eigenvalue weighted by Gasteiger charge is 2.15. The Balaban J connectivity index is 1.96. The molecule has 3 nitrogen and oxygen atoms in total. The Bertz CT molecular complexity index is 456. The van der Waals surface area contributed by atoms with Gasteiger partial charge in [-0.25, -0.2) is 0 Å². The van der Waals surface area contributed by atoms with Crippen LogP contribution in [-0.4, -0.2) is 30.4 Å². The minimum absolute atomic E-state index is 0.207. The molecule has 1 aliphatic heterocycles. The van der Waals surface area contributed by atoms with Crippen LogP contribution in [0.25, 0.3) is 0 Å². The Morgan fingerprint density at radius 3 is 2.45 bits per heavy atom. The monoisotopic (exact) mass is 338 g/mol. The van der Waals surface area contributed by atoms with E-state index in [0.717, 1.165) is 36.1 Å². The number of likely N-dealkylation sites (tertiary alicyclic amines) is 1. The second kappa shape index (κ2) is 7.11. The second-order valence-electron chi connectivity index (χ2n) is 5.59. The molecule has 0 spiro atoms. The predicted molar refractivity (Wildman–Crippen MR) is 87.2 cm³/mol. The molecule has 20 heavy (non-hydrogen) atoms. The molecule has 1 N–H and O–H groups in total. The van der Waals surface area contributed by atoms with Crippen molar-refractivity contribution in [3.63, 3.8) is 0 Å². The van der Waals surface area contributed by atoms with Crippen molar-refractivity contribution >= 4 is 27.5 Å². The van der Waals surface area contributed by atoms with E-state index in [4.69, 9.17) is 0 Å². The largest absolute Gasteiger partial charge is 0.375 e. The molecule has 1 aromatic rings. The van der Waals surface area contributed by atoms with Crippen LogP contribution < -0.4 is 5.32 Å². The number of benzene rings is 1. The minimum Gasteiger partial charge on any atom is -0.375 e. The molecule has 0 radical (unpaired) electrons. The number of hydrogen-bond acceptors (Lipinski definition) is 2. The number of nitrogens with zero attached hydrogens (tertiary/aromatic N) is 1. The van der Waals surface area contributed by atoms with Gasteiger partial charge in [0.25, 0.3) is 0 Å². The summed E-state index contributed by atoms with van der Waals surface area (Å²) < 4.78 is 1.03. The summed E-state index contributed by atoms with van der Waals surface area (Å²) in [5, 5.41) is 3.29. The topological polar surface area (TPSA) is 32.3 Å². The number of carbonyl (C=O) groups excluding carboxylic acids is 1. The maximum absolute atomic E-state index is 12.3. The first-order valence-corrected chi connectivity index (χ1v) is 8.15. The molecule has 1 saturated heterocycles. The molecule has 0 aliphatic carbocycles. The molecule has 2 rings (SSSR count). The molecule has 0 aromatic heterocycles. The number of nitrogens with one attached hydrogen (secondary N) is 1. The molecule has 1 aromatic carbocycles. The molecule has 0 bridgehead atoms. The summed E-state index contributed by atoms with van der Waals surface area (Å²) in [5.74, 6) is 0.207. The van der Waals surface area contributed by atoms with Gasteiger partial charge in [-0.05, 0) is 59.8 Å². The Kier molecular flexibility index (Phi) is 5.46. The van der Waals surface area contributed by atoms with E-state index in [0.29, 0.717) is 6.54 Å². The molecule has 1 fully saturated rings. The van der Waals surface area contributed by atoms with Gasteiger partial charge in [0.15, 0.2) is 0 Å². The summed E-state index contributed by atoms with van der Waals surface area (Å²) in [6, 6.07) is 4.20. The maximum atomic E-state index is 12.3. The van der Waals surface area contributed by atoms with Crippen molar-refractivity contribution in [2.75, 3.05) is 25.0 Å². The highest BCUT2D eigenvalue weighted by molar-refractivity contribution is 9.10. The van der Waals surface area contributed by atoms with E-state index in [1.54, 1.807) is 0 Å². The quantitative estimate of drug-likeness (QED) is 0.906. The number of anilines is 1. The zero-order valence-electron chi connectivity index (χ0n) is 12.3. The number of rotatable bonds is 3. The Morgan fingerprint density at radius 2 is 1.85 bits per heavy atom. The fourth-order valence-corrected chi connectivity index (χ4v) is 3.55. The summed E-state index contributed by atoms with van der Waals surface area (Å²) >= 11 is 3.57. The highest BCUT2D eigenvalue weighted by Crippen LogP contribution is 2.27. The molecule has 1 heterocycles. The van der Waals surface area contributed by atoms with Crippen molar-refractivity contribution in [3.05, 3.63) is 27.7 Å². The fourth-order valence-electron chi connectivity index (χ4n) is 2.74. The van der Waals surface area contributed by atoms with Crippen molar-refractivity contribution in [3.8, 4) is 0 Å². The Morgan fingerprint density at radius 1 is 1.20 bits per heavy atom. The van der Waals surface area contributed by atoms with Crippen LogP contribution >= 0.6 is 15.9 Å². The van der Waals surface area contributed by atoms with Crippen LogP contribution in [0.5, 0.6) is 0 Å². The van der Waals surface area contributed by atoms with E-state index in [2.05, 4.69) is 47.2 Å². The SMILES string of the molecule is Cc1cc(C)c(NCC(=O)N2CCCCCC2)c(Br)c1. The molecule has 0 atom stereocenters. The molecular weight excluding hydrogens is 316 g/mol. The second-order valence-corrected chi connectivity index (χ2v) is 6.44. The van der Waals surface area contributed by atoms with Crippen molar-refractivity contribution < 1.29 is 4.79 Å². The van der Waals surface area contributed by atoms with Crippen LogP contribution in [0, 0.1) is 13.8 Å². The maximum Gasteiger partial charge on any atom is 0.241 e. The lowest BCUT2D eigenvalue weighted by Crippen LogP contribution is -2.36. The zero-order valence-corrected chi connectivity index (χ0v) is 13.9. The van der Waals surface area contributed by atoms with Crippen LogP contribution in [0.2, 0.25) is 0 Å². The normalized spacial score (nSPS) is 15.8. The molecule has 4 heteroatoms. The number of halogens is 1. The third-order valence-electron chi connectivity index (χ3n) is 3.81. The smallest absolute Gasteiger partial charge is 0.241 e. The molecule has 0 saturated carbocycles. The van der Waals surface area contributed by atoms with Gasteiger partial charge in [0, 0.05) is 17.6 Å². The van der Waals surface area contributed by atoms with E-state index >= 15 is 0 Å². The van der Waals surface area contributed by atoms with Gasteiger partial charge in [-0.2, -0.15) is 0 Å². The van der Waals surface area contributed by atoms with Crippen LogP contribution in [0.1, 0.15) is 36.8 Å². The summed E-state index contributed by atoms with van der Waals surface area (Å²) in [4.78, 5) is 14.3. The van der Waals surface area contributed by atoms with E-state index in [9.17, 15) is 4.79 Å². The first kappa shape index (κ1) is 15.4. The number of hydrogen-bond donors (Lipinski definition) is 1.